The Balaban J connectivity index is 1.63. The molecule has 2 aromatic rings. The van der Waals surface area contributed by atoms with E-state index in [4.69, 9.17) is 9.88 Å². The van der Waals surface area contributed by atoms with Crippen LogP contribution in [0.3, 0.4) is 0 Å². The van der Waals surface area contributed by atoms with Crippen LogP contribution in [0.15, 0.2) is 27.6 Å². The number of hydrogen-bond acceptors (Lipinski definition) is 4. The van der Waals surface area contributed by atoms with Crippen LogP contribution in [0.2, 0.25) is 0 Å². The normalized spacial score (nSPS) is 19.1. The van der Waals surface area contributed by atoms with Crippen molar-refractivity contribution in [2.75, 3.05) is 11.9 Å². The van der Waals surface area contributed by atoms with Crippen LogP contribution in [-0.4, -0.2) is 26.6 Å². The number of urea groups is 1. The summed E-state index contributed by atoms with van der Waals surface area (Å²) in [6.45, 7) is 7.09. The second-order valence-corrected chi connectivity index (χ2v) is 10.0. The van der Waals surface area contributed by atoms with Crippen molar-refractivity contribution >= 4 is 21.6 Å². The zero-order chi connectivity index (χ0) is 20.1. The summed E-state index contributed by atoms with van der Waals surface area (Å²) in [5.74, 6) is 0.320. The average molecular weight is 404 g/mol. The van der Waals surface area contributed by atoms with Gasteiger partial charge in [0.25, 0.3) is 0 Å². The molecule has 0 bridgehead atoms. The van der Waals surface area contributed by atoms with Gasteiger partial charge >= 0.3 is 6.03 Å². The molecule has 1 aliphatic heterocycles. The largest absolute Gasteiger partial charge is 0.476 e. The minimum atomic E-state index is -3.49. The number of amides is 2. The second-order valence-electron chi connectivity index (χ2n) is 8.26. The Hall–Kier alpha value is -2.39. The van der Waals surface area contributed by atoms with Crippen LogP contribution in [0.25, 0.3) is 0 Å². The smallest absolute Gasteiger partial charge is 0.354 e. The van der Waals surface area contributed by atoms with E-state index in [1.54, 1.807) is 4.68 Å². The molecule has 0 radical (unpaired) electrons. The lowest BCUT2D eigenvalue weighted by Crippen LogP contribution is -2.33. The van der Waals surface area contributed by atoms with Gasteiger partial charge in [0.1, 0.15) is 4.90 Å². The number of nitrogens with zero attached hydrogens (tertiary/aromatic N) is 3. The van der Waals surface area contributed by atoms with E-state index < -0.39 is 15.9 Å². The van der Waals surface area contributed by atoms with Gasteiger partial charge in [-0.3, -0.25) is 0 Å². The number of benzene rings is 1. The van der Waals surface area contributed by atoms with E-state index in [9.17, 15) is 9.00 Å². The molecule has 0 unspecified atom stereocenters. The average Bonchev–Trinajstić information content (AvgIpc) is 3.22. The van der Waals surface area contributed by atoms with E-state index in [1.165, 1.54) is 11.8 Å². The molecule has 0 saturated carbocycles. The van der Waals surface area contributed by atoms with Gasteiger partial charge < -0.3 is 10.1 Å². The molecule has 0 saturated heterocycles. The molecule has 0 fully saturated rings. The maximum atomic E-state index is 13.0. The molecule has 1 aromatic carbocycles. The highest BCUT2D eigenvalue weighted by Crippen LogP contribution is 2.34. The Morgan fingerprint density at radius 3 is 2.96 bits per heavy atom. The van der Waals surface area contributed by atoms with Crippen LogP contribution in [0.1, 0.15) is 37.0 Å². The minimum Gasteiger partial charge on any atom is -0.476 e. The van der Waals surface area contributed by atoms with Gasteiger partial charge in [-0.25, -0.2) is 18.8 Å². The molecule has 4 rings (SSSR count). The quantitative estimate of drug-likeness (QED) is 0.802. The van der Waals surface area contributed by atoms with E-state index >= 15 is 0 Å². The maximum absolute atomic E-state index is 13.0. The standard InChI is InChI=1S/C19H25N5O3S/c1-12-7-8-13-5-4-6-14(13)16(12)22-18(25)23-28(20,26)15-9-21-24-10-19(2,3)11-27-17(15)24/h7-9H,4-6,10-11H2,1-3H3,(H3,20,22,23,25,26)/t28-/m0/s1. The van der Waals surface area contributed by atoms with Crippen molar-refractivity contribution in [3.8, 4) is 5.88 Å². The van der Waals surface area contributed by atoms with Crippen molar-refractivity contribution in [1.82, 2.24) is 9.78 Å². The highest BCUT2D eigenvalue weighted by atomic mass is 32.2. The van der Waals surface area contributed by atoms with Crippen LogP contribution < -0.4 is 15.2 Å². The van der Waals surface area contributed by atoms with Crippen molar-refractivity contribution in [3.63, 3.8) is 0 Å². The Labute approximate surface area is 164 Å². The predicted molar refractivity (Wildman–Crippen MR) is 107 cm³/mol. The minimum absolute atomic E-state index is 0.0918. The van der Waals surface area contributed by atoms with Crippen LogP contribution in [0.5, 0.6) is 5.88 Å². The van der Waals surface area contributed by atoms with Gasteiger partial charge in [-0.05, 0) is 42.9 Å². The molecule has 3 N–H and O–H groups in total. The number of anilines is 1. The van der Waals surface area contributed by atoms with Crippen LogP contribution in [0.4, 0.5) is 10.5 Å². The Kier molecular flexibility index (Phi) is 4.46. The van der Waals surface area contributed by atoms with Gasteiger partial charge in [-0.2, -0.15) is 5.10 Å². The fraction of sp³-hybridized carbons (Fsp3) is 0.474. The summed E-state index contributed by atoms with van der Waals surface area (Å²) in [5, 5.41) is 12.9. The number of carbonyl (C=O) groups excluding carboxylic acids is 1. The first-order chi connectivity index (χ1) is 13.2. The SMILES string of the molecule is Cc1ccc2c(c1NC(=O)N=[S@](N)(=O)c1cnn3c1OCC(C)(C)C3)CCC2. The van der Waals surface area contributed by atoms with E-state index in [0.717, 1.165) is 36.1 Å². The van der Waals surface area contributed by atoms with Crippen molar-refractivity contribution < 1.29 is 13.7 Å². The van der Waals surface area contributed by atoms with Gasteiger partial charge in [-0.15, -0.1) is 4.36 Å². The van der Waals surface area contributed by atoms with E-state index in [0.29, 0.717) is 19.0 Å². The summed E-state index contributed by atoms with van der Waals surface area (Å²) >= 11 is 0. The van der Waals surface area contributed by atoms with Crippen molar-refractivity contribution in [2.24, 2.45) is 14.9 Å². The monoisotopic (exact) mass is 403 g/mol. The number of ether oxygens (including phenoxy) is 1. The molecule has 28 heavy (non-hydrogen) atoms. The molecule has 1 aliphatic carbocycles. The zero-order valence-corrected chi connectivity index (χ0v) is 17.1. The third kappa shape index (κ3) is 3.40. The first kappa shape index (κ1) is 18.9. The number of nitrogens with two attached hydrogens (primary N) is 1. The summed E-state index contributed by atoms with van der Waals surface area (Å²) in [4.78, 5) is 12.7. The molecule has 1 atom stereocenters. The lowest BCUT2D eigenvalue weighted by Gasteiger charge is -2.30. The number of aryl methyl sites for hydroxylation is 2. The summed E-state index contributed by atoms with van der Waals surface area (Å²) in [6.07, 6.45) is 4.34. The number of aromatic nitrogens is 2. The lowest BCUT2D eigenvalue weighted by molar-refractivity contribution is 0.0972. The third-order valence-corrected chi connectivity index (χ3v) is 6.54. The first-order valence-electron chi connectivity index (χ1n) is 9.32. The summed E-state index contributed by atoms with van der Waals surface area (Å²) in [5.41, 5.74) is 3.96. The molecular weight excluding hydrogens is 378 g/mol. The number of carbonyl (C=O) groups is 1. The number of fused-ring (bicyclic) bond motifs is 2. The fourth-order valence-corrected chi connectivity index (χ4v) is 4.79. The summed E-state index contributed by atoms with van der Waals surface area (Å²) < 4.78 is 24.1. The van der Waals surface area contributed by atoms with E-state index in [2.05, 4.69) is 34.7 Å². The molecule has 2 amide bonds. The highest BCUT2D eigenvalue weighted by molar-refractivity contribution is 7.91. The zero-order valence-electron chi connectivity index (χ0n) is 16.3. The Morgan fingerprint density at radius 2 is 2.18 bits per heavy atom. The highest BCUT2D eigenvalue weighted by Gasteiger charge is 2.32. The van der Waals surface area contributed by atoms with Crippen molar-refractivity contribution in [2.45, 2.75) is 51.5 Å². The maximum Gasteiger partial charge on any atom is 0.354 e. The number of nitrogens with one attached hydrogen (secondary N) is 1. The lowest BCUT2D eigenvalue weighted by atomic mass is 9.94. The molecule has 1 aromatic heterocycles. The van der Waals surface area contributed by atoms with Gasteiger partial charge in [0.2, 0.25) is 5.88 Å². The summed E-state index contributed by atoms with van der Waals surface area (Å²) in [6, 6.07) is 3.34. The Bertz CT molecular complexity index is 1080. The van der Waals surface area contributed by atoms with Gasteiger partial charge in [0.05, 0.1) is 19.3 Å². The Morgan fingerprint density at radius 1 is 1.39 bits per heavy atom. The molecule has 150 valence electrons. The van der Waals surface area contributed by atoms with Crippen molar-refractivity contribution in [3.05, 3.63) is 35.0 Å². The molecule has 9 heteroatoms. The summed E-state index contributed by atoms with van der Waals surface area (Å²) in [7, 11) is -3.49. The molecule has 2 aliphatic rings. The van der Waals surface area contributed by atoms with E-state index in [-0.39, 0.29) is 10.3 Å². The molecule has 0 spiro atoms. The first-order valence-corrected chi connectivity index (χ1v) is 10.9. The van der Waals surface area contributed by atoms with Crippen LogP contribution >= 0.6 is 0 Å². The van der Waals surface area contributed by atoms with Crippen molar-refractivity contribution in [1.29, 1.82) is 0 Å². The van der Waals surface area contributed by atoms with Gasteiger partial charge in [0.15, 0.2) is 9.92 Å². The van der Waals surface area contributed by atoms with Gasteiger partial charge in [-0.1, -0.05) is 26.0 Å². The van der Waals surface area contributed by atoms with Crippen LogP contribution in [-0.2, 0) is 29.3 Å². The second kappa shape index (κ2) is 6.59. The fourth-order valence-electron chi connectivity index (χ4n) is 3.79. The third-order valence-electron chi connectivity index (χ3n) is 5.19. The van der Waals surface area contributed by atoms with E-state index in [1.807, 2.05) is 13.0 Å². The number of rotatable bonds is 2. The topological polar surface area (TPSA) is 112 Å². The predicted octanol–water partition coefficient (Wildman–Crippen LogP) is 3.03. The molecule has 8 nitrogen and oxygen atoms in total. The van der Waals surface area contributed by atoms with Gasteiger partial charge in [0, 0.05) is 11.1 Å². The van der Waals surface area contributed by atoms with Crippen LogP contribution in [0, 0.1) is 12.3 Å². The molecular formula is C19H25N5O3S. The number of hydrogen-bond donors (Lipinski definition) is 2. The molecule has 2 heterocycles.